The first-order chi connectivity index (χ1) is 8.90. The van der Waals surface area contributed by atoms with Crippen LogP contribution in [-0.4, -0.2) is 5.78 Å². The quantitative estimate of drug-likeness (QED) is 0.480. The lowest BCUT2D eigenvalue weighted by molar-refractivity contribution is 0.103. The molecule has 0 fully saturated rings. The van der Waals surface area contributed by atoms with Gasteiger partial charge in [-0.15, -0.1) is 0 Å². The molecule has 2 aromatic rings. The Morgan fingerprint density at radius 3 is 2.32 bits per heavy atom. The van der Waals surface area contributed by atoms with Crippen LogP contribution in [0.3, 0.4) is 0 Å². The van der Waals surface area contributed by atoms with Crippen molar-refractivity contribution in [3.8, 4) is 0 Å². The lowest BCUT2D eigenvalue weighted by Gasteiger charge is -2.05. The van der Waals surface area contributed by atoms with Gasteiger partial charge in [-0.1, -0.05) is 11.6 Å². The molecule has 0 aliphatic carbocycles. The van der Waals surface area contributed by atoms with E-state index in [0.29, 0.717) is 9.50 Å². The van der Waals surface area contributed by atoms with Crippen LogP contribution in [0.15, 0.2) is 39.3 Å². The molecule has 0 heterocycles. The van der Waals surface area contributed by atoms with Crippen molar-refractivity contribution in [3.63, 3.8) is 0 Å². The van der Waals surface area contributed by atoms with Crippen molar-refractivity contribution >= 4 is 49.2 Å². The molecular weight excluding hydrogens is 405 g/mol. The van der Waals surface area contributed by atoms with Crippen molar-refractivity contribution in [2.24, 2.45) is 0 Å². The first-order valence-corrected chi connectivity index (χ1v) is 7.01. The topological polar surface area (TPSA) is 17.1 Å². The summed E-state index contributed by atoms with van der Waals surface area (Å²) < 4.78 is 27.6. The van der Waals surface area contributed by atoms with Crippen molar-refractivity contribution in [2.45, 2.75) is 0 Å². The van der Waals surface area contributed by atoms with E-state index >= 15 is 0 Å². The Balaban J connectivity index is 2.49. The van der Waals surface area contributed by atoms with Gasteiger partial charge in [0.15, 0.2) is 5.78 Å². The fraction of sp³-hybridized carbons (Fsp3) is 0. The SMILES string of the molecule is O=C(c1ccc(Cl)c(Br)c1)c1cc(F)c(Br)cc1F. The summed E-state index contributed by atoms with van der Waals surface area (Å²) in [6.45, 7) is 0. The lowest BCUT2D eigenvalue weighted by Crippen LogP contribution is -2.05. The van der Waals surface area contributed by atoms with Gasteiger partial charge in [-0.2, -0.15) is 0 Å². The maximum Gasteiger partial charge on any atom is 0.196 e. The minimum Gasteiger partial charge on any atom is -0.288 e. The zero-order chi connectivity index (χ0) is 14.2. The second-order valence-electron chi connectivity index (χ2n) is 3.70. The third kappa shape index (κ3) is 3.04. The largest absolute Gasteiger partial charge is 0.288 e. The van der Waals surface area contributed by atoms with Crippen molar-refractivity contribution < 1.29 is 13.6 Å². The van der Waals surface area contributed by atoms with Crippen LogP contribution in [0.4, 0.5) is 8.78 Å². The summed E-state index contributed by atoms with van der Waals surface area (Å²) in [5, 5.41) is 0.430. The molecule has 0 amide bonds. The zero-order valence-electron chi connectivity index (χ0n) is 9.18. The van der Waals surface area contributed by atoms with E-state index in [1.807, 2.05) is 0 Å². The van der Waals surface area contributed by atoms with E-state index in [9.17, 15) is 13.6 Å². The molecule has 0 atom stereocenters. The van der Waals surface area contributed by atoms with Gasteiger partial charge in [0, 0.05) is 10.0 Å². The van der Waals surface area contributed by atoms with E-state index in [2.05, 4.69) is 31.9 Å². The van der Waals surface area contributed by atoms with Gasteiger partial charge in [-0.3, -0.25) is 4.79 Å². The highest BCUT2D eigenvalue weighted by molar-refractivity contribution is 9.10. The molecule has 2 aromatic carbocycles. The van der Waals surface area contributed by atoms with Crippen LogP contribution in [0.2, 0.25) is 5.02 Å². The number of carbonyl (C=O) groups excluding carboxylic acids is 1. The Morgan fingerprint density at radius 1 is 1.00 bits per heavy atom. The predicted molar refractivity (Wildman–Crippen MR) is 76.6 cm³/mol. The highest BCUT2D eigenvalue weighted by Gasteiger charge is 2.17. The highest BCUT2D eigenvalue weighted by Crippen LogP contribution is 2.26. The summed E-state index contributed by atoms with van der Waals surface area (Å²) in [6, 6.07) is 6.21. The summed E-state index contributed by atoms with van der Waals surface area (Å²) in [6.07, 6.45) is 0. The molecule has 0 aliphatic heterocycles. The van der Waals surface area contributed by atoms with Crippen LogP contribution in [0.1, 0.15) is 15.9 Å². The van der Waals surface area contributed by atoms with Gasteiger partial charge >= 0.3 is 0 Å². The minimum atomic E-state index is -0.788. The van der Waals surface area contributed by atoms with Gasteiger partial charge in [0.25, 0.3) is 0 Å². The lowest BCUT2D eigenvalue weighted by atomic mass is 10.0. The van der Waals surface area contributed by atoms with Gasteiger partial charge in [-0.25, -0.2) is 8.78 Å². The third-order valence-corrected chi connectivity index (χ3v) is 4.26. The van der Waals surface area contributed by atoms with Crippen molar-refractivity contribution in [1.82, 2.24) is 0 Å². The molecule has 0 saturated carbocycles. The summed E-state index contributed by atoms with van der Waals surface area (Å²) in [5.41, 5.74) is -0.105. The van der Waals surface area contributed by atoms with Gasteiger partial charge in [0.1, 0.15) is 11.6 Å². The minimum absolute atomic E-state index is 0.0289. The molecule has 98 valence electrons. The Hall–Kier alpha value is -0.780. The molecule has 0 saturated heterocycles. The van der Waals surface area contributed by atoms with Crippen LogP contribution < -0.4 is 0 Å². The fourth-order valence-corrected chi connectivity index (χ4v) is 2.30. The van der Waals surface area contributed by atoms with Crippen LogP contribution in [-0.2, 0) is 0 Å². The maximum absolute atomic E-state index is 13.7. The third-order valence-electron chi connectivity index (χ3n) is 2.44. The summed E-state index contributed by atoms with van der Waals surface area (Å²) >= 11 is 11.8. The molecule has 1 nitrogen and oxygen atoms in total. The average molecular weight is 410 g/mol. The number of halogens is 5. The number of benzene rings is 2. The van der Waals surface area contributed by atoms with Crippen LogP contribution in [0.25, 0.3) is 0 Å². The summed E-state index contributed by atoms with van der Waals surface area (Å²) in [5.74, 6) is -2.09. The summed E-state index contributed by atoms with van der Waals surface area (Å²) in [7, 11) is 0. The standard InChI is InChI=1S/C13H5Br2ClF2O/c14-8-3-6(1-2-10(8)16)13(19)7-4-12(18)9(15)5-11(7)17/h1-5H. The second kappa shape index (κ2) is 5.69. The molecular formula is C13H5Br2ClF2O. The number of carbonyl (C=O) groups is 1. The van der Waals surface area contributed by atoms with E-state index in [1.165, 1.54) is 18.2 Å². The monoisotopic (exact) mass is 408 g/mol. The molecule has 0 aliphatic rings. The van der Waals surface area contributed by atoms with Crippen molar-refractivity contribution in [1.29, 1.82) is 0 Å². The van der Waals surface area contributed by atoms with E-state index < -0.39 is 17.4 Å². The van der Waals surface area contributed by atoms with Crippen molar-refractivity contribution in [3.05, 3.63) is 67.1 Å². The average Bonchev–Trinajstić information content (AvgIpc) is 2.36. The summed E-state index contributed by atoms with van der Waals surface area (Å²) in [4.78, 5) is 12.1. The van der Waals surface area contributed by atoms with E-state index in [1.54, 1.807) is 0 Å². The van der Waals surface area contributed by atoms with E-state index in [0.717, 1.165) is 12.1 Å². The molecule has 6 heteroatoms. The highest BCUT2D eigenvalue weighted by atomic mass is 79.9. The normalized spacial score (nSPS) is 10.6. The zero-order valence-corrected chi connectivity index (χ0v) is 13.1. The first kappa shape index (κ1) is 14.6. The molecule has 0 spiro atoms. The van der Waals surface area contributed by atoms with E-state index in [-0.39, 0.29) is 15.6 Å². The number of hydrogen-bond acceptors (Lipinski definition) is 1. The molecule has 0 aromatic heterocycles. The van der Waals surface area contributed by atoms with E-state index in [4.69, 9.17) is 11.6 Å². The Labute approximate surface area is 129 Å². The molecule has 0 unspecified atom stereocenters. The number of hydrogen-bond donors (Lipinski definition) is 0. The van der Waals surface area contributed by atoms with Crippen LogP contribution in [0.5, 0.6) is 0 Å². The molecule has 0 N–H and O–H groups in total. The molecule has 0 radical (unpaired) electrons. The smallest absolute Gasteiger partial charge is 0.196 e. The first-order valence-electron chi connectivity index (χ1n) is 5.04. The van der Waals surface area contributed by atoms with Crippen molar-refractivity contribution in [2.75, 3.05) is 0 Å². The number of ketones is 1. The molecule has 19 heavy (non-hydrogen) atoms. The van der Waals surface area contributed by atoms with Gasteiger partial charge in [-0.05, 0) is 62.2 Å². The predicted octanol–water partition coefficient (Wildman–Crippen LogP) is 5.37. The number of rotatable bonds is 2. The Kier molecular flexibility index (Phi) is 4.38. The molecule has 2 rings (SSSR count). The molecule has 0 bridgehead atoms. The van der Waals surface area contributed by atoms with Gasteiger partial charge < -0.3 is 0 Å². The Morgan fingerprint density at radius 2 is 1.68 bits per heavy atom. The van der Waals surface area contributed by atoms with Gasteiger partial charge in [0.05, 0.1) is 15.1 Å². The maximum atomic E-state index is 13.7. The van der Waals surface area contributed by atoms with Crippen LogP contribution >= 0.6 is 43.5 Å². The fourth-order valence-electron chi connectivity index (χ4n) is 1.49. The second-order valence-corrected chi connectivity index (χ2v) is 5.82. The van der Waals surface area contributed by atoms with Gasteiger partial charge in [0.2, 0.25) is 0 Å². The Bertz CT molecular complexity index is 674. The van der Waals surface area contributed by atoms with Crippen LogP contribution in [0, 0.1) is 11.6 Å².